The number of nitrogens with zero attached hydrogens (tertiary/aromatic N) is 4. The van der Waals surface area contributed by atoms with Gasteiger partial charge in [-0.3, -0.25) is 19.8 Å². The van der Waals surface area contributed by atoms with Gasteiger partial charge in [-0.05, 0) is 50.5 Å². The van der Waals surface area contributed by atoms with E-state index in [9.17, 15) is 20.2 Å². The fraction of sp³-hybridized carbons (Fsp3) is 0.308. The van der Waals surface area contributed by atoms with Crippen molar-refractivity contribution in [1.82, 2.24) is 0 Å². The van der Waals surface area contributed by atoms with Crippen molar-refractivity contribution in [3.05, 3.63) is 85.8 Å². The minimum Gasteiger partial charge on any atom is -0.384 e. The number of nitrogens with two attached hydrogens (primary N) is 1. The quantitative estimate of drug-likeness (QED) is 0.424. The first-order valence-electron chi connectivity index (χ1n) is 11.6. The van der Waals surface area contributed by atoms with Crippen molar-refractivity contribution in [3.8, 4) is 6.07 Å². The zero-order chi connectivity index (χ0) is 25.3. The Morgan fingerprint density at radius 2 is 1.89 bits per heavy atom. The Morgan fingerprint density at radius 3 is 2.46 bits per heavy atom. The highest BCUT2D eigenvalue weighted by Gasteiger charge is 2.40. The van der Waals surface area contributed by atoms with E-state index in [1.54, 1.807) is 4.90 Å². The van der Waals surface area contributed by atoms with Crippen LogP contribution in [0.4, 0.5) is 17.1 Å². The summed E-state index contributed by atoms with van der Waals surface area (Å²) in [6, 6.07) is 14.2. The topological polar surface area (TPSA) is 116 Å². The number of benzene rings is 2. The van der Waals surface area contributed by atoms with E-state index in [2.05, 4.69) is 24.8 Å². The number of anilines is 2. The first kappa shape index (κ1) is 24.3. The Balaban J connectivity index is 1.88. The number of allylic oxidation sites excluding steroid dienone is 3. The number of hydrogen-bond acceptors (Lipinski definition) is 7. The fourth-order valence-corrected chi connectivity index (χ4v) is 5.21. The van der Waals surface area contributed by atoms with Gasteiger partial charge >= 0.3 is 0 Å². The second-order valence-electron chi connectivity index (χ2n) is 8.47. The van der Waals surface area contributed by atoms with E-state index >= 15 is 0 Å². The van der Waals surface area contributed by atoms with Gasteiger partial charge in [0, 0.05) is 48.6 Å². The summed E-state index contributed by atoms with van der Waals surface area (Å²) in [5, 5.41) is 21.5. The summed E-state index contributed by atoms with van der Waals surface area (Å²) in [6.07, 6.45) is 1.59. The molecule has 0 amide bonds. The fourth-order valence-electron chi connectivity index (χ4n) is 4.95. The van der Waals surface area contributed by atoms with E-state index in [0.29, 0.717) is 36.2 Å². The molecule has 180 valence electrons. The molecule has 1 atom stereocenters. The molecular formula is C26H26ClN5O3. The van der Waals surface area contributed by atoms with E-state index in [0.717, 1.165) is 24.3 Å². The van der Waals surface area contributed by atoms with Gasteiger partial charge in [0.05, 0.1) is 33.2 Å². The number of Topliss-reactive ketones (excluding diaryl/α,β-unsaturated/α-hetero) is 1. The van der Waals surface area contributed by atoms with Crippen molar-refractivity contribution in [2.45, 2.75) is 39.0 Å². The lowest BCUT2D eigenvalue weighted by Crippen LogP contribution is -2.38. The number of hydrogen-bond donors (Lipinski definition) is 1. The van der Waals surface area contributed by atoms with Crippen molar-refractivity contribution in [1.29, 1.82) is 5.26 Å². The van der Waals surface area contributed by atoms with Crippen LogP contribution in [0.3, 0.4) is 0 Å². The van der Waals surface area contributed by atoms with Crippen LogP contribution < -0.4 is 15.5 Å². The van der Waals surface area contributed by atoms with Crippen LogP contribution in [0, 0.1) is 21.4 Å². The van der Waals surface area contributed by atoms with Gasteiger partial charge < -0.3 is 10.6 Å². The Morgan fingerprint density at radius 1 is 1.20 bits per heavy atom. The zero-order valence-corrected chi connectivity index (χ0v) is 20.4. The number of non-ortho nitro benzene ring substituents is 1. The lowest BCUT2D eigenvalue weighted by molar-refractivity contribution is -0.384. The molecule has 0 saturated heterocycles. The molecule has 0 fully saturated rings. The molecule has 9 heteroatoms. The first-order chi connectivity index (χ1) is 16.8. The van der Waals surface area contributed by atoms with Crippen LogP contribution in [0.25, 0.3) is 0 Å². The van der Waals surface area contributed by atoms with Crippen LogP contribution in [0.1, 0.15) is 44.6 Å². The minimum absolute atomic E-state index is 0.0349. The number of nitriles is 1. The Hall–Kier alpha value is -3.83. The van der Waals surface area contributed by atoms with Gasteiger partial charge in [-0.1, -0.05) is 23.7 Å². The van der Waals surface area contributed by atoms with Crippen LogP contribution in [0.2, 0.25) is 5.02 Å². The maximum absolute atomic E-state index is 13.3. The number of nitro groups is 1. The number of rotatable bonds is 6. The first-order valence-corrected chi connectivity index (χ1v) is 11.9. The molecule has 2 aromatic carbocycles. The SMILES string of the molecule is CCN(CC)c1ccc([C@@H]2C(C#N)=C(N)N(c3ccc([N+](=O)[O-])cc3Cl)C3=C2C(=O)CCC3)cc1. The normalized spacial score (nSPS) is 17.8. The summed E-state index contributed by atoms with van der Waals surface area (Å²) < 4.78 is 0. The summed E-state index contributed by atoms with van der Waals surface area (Å²) in [5.41, 5.74) is 10.2. The third kappa shape index (κ3) is 4.24. The second kappa shape index (κ2) is 9.80. The largest absolute Gasteiger partial charge is 0.384 e. The highest BCUT2D eigenvalue weighted by atomic mass is 35.5. The van der Waals surface area contributed by atoms with E-state index in [4.69, 9.17) is 17.3 Å². The van der Waals surface area contributed by atoms with Crippen molar-refractivity contribution >= 4 is 34.4 Å². The highest BCUT2D eigenvalue weighted by molar-refractivity contribution is 6.33. The molecule has 35 heavy (non-hydrogen) atoms. The van der Waals surface area contributed by atoms with Crippen LogP contribution in [0.15, 0.2) is 65.1 Å². The highest BCUT2D eigenvalue weighted by Crippen LogP contribution is 2.47. The monoisotopic (exact) mass is 491 g/mol. The molecule has 1 heterocycles. The summed E-state index contributed by atoms with van der Waals surface area (Å²) in [6.45, 7) is 5.92. The molecular weight excluding hydrogens is 466 g/mol. The summed E-state index contributed by atoms with van der Waals surface area (Å²) in [7, 11) is 0. The van der Waals surface area contributed by atoms with Crippen molar-refractivity contribution < 1.29 is 9.72 Å². The second-order valence-corrected chi connectivity index (χ2v) is 8.88. The molecule has 1 aliphatic heterocycles. The van der Waals surface area contributed by atoms with Gasteiger partial charge in [0.15, 0.2) is 5.78 Å². The van der Waals surface area contributed by atoms with E-state index in [1.807, 2.05) is 24.3 Å². The van der Waals surface area contributed by atoms with Gasteiger partial charge in [0.1, 0.15) is 5.82 Å². The van der Waals surface area contributed by atoms with Gasteiger partial charge in [-0.15, -0.1) is 0 Å². The third-order valence-corrected chi connectivity index (χ3v) is 6.95. The number of carbonyl (C=O) groups excluding carboxylic acids is 1. The number of ketones is 1. The van der Waals surface area contributed by atoms with Crippen LogP contribution in [-0.4, -0.2) is 23.8 Å². The van der Waals surface area contributed by atoms with Crippen LogP contribution in [0.5, 0.6) is 0 Å². The number of nitro benzene ring substituents is 1. The smallest absolute Gasteiger partial charge is 0.271 e. The maximum atomic E-state index is 13.3. The van der Waals surface area contributed by atoms with E-state index < -0.39 is 10.8 Å². The molecule has 0 spiro atoms. The zero-order valence-electron chi connectivity index (χ0n) is 19.6. The number of halogens is 1. The molecule has 0 saturated carbocycles. The minimum atomic E-state index is -0.582. The molecule has 2 aliphatic rings. The van der Waals surface area contributed by atoms with Crippen LogP contribution >= 0.6 is 11.6 Å². The molecule has 0 bridgehead atoms. The Labute approximate surface area is 209 Å². The van der Waals surface area contributed by atoms with Gasteiger partial charge in [-0.2, -0.15) is 5.26 Å². The lowest BCUT2D eigenvalue weighted by atomic mass is 9.75. The van der Waals surface area contributed by atoms with Crippen molar-refractivity contribution in [3.63, 3.8) is 0 Å². The molecule has 0 unspecified atom stereocenters. The summed E-state index contributed by atoms with van der Waals surface area (Å²) >= 11 is 6.44. The molecule has 4 rings (SSSR count). The molecule has 2 N–H and O–H groups in total. The third-order valence-electron chi connectivity index (χ3n) is 6.65. The average Bonchev–Trinajstić information content (AvgIpc) is 2.85. The van der Waals surface area contributed by atoms with E-state index in [1.165, 1.54) is 18.2 Å². The molecule has 2 aromatic rings. The Kier molecular flexibility index (Phi) is 6.81. The number of carbonyl (C=O) groups is 1. The maximum Gasteiger partial charge on any atom is 0.271 e. The van der Waals surface area contributed by atoms with Gasteiger partial charge in [0.2, 0.25) is 0 Å². The molecule has 0 radical (unpaired) electrons. The standard InChI is InChI=1S/C26H26ClN5O3/c1-3-30(4-2)17-10-8-16(9-11-17)24-19(15-28)26(29)31(22-6-5-7-23(33)25(22)24)21-13-12-18(32(34)35)14-20(21)27/h8-14,24H,3-7,29H2,1-2H3/t24-/m1/s1. The molecule has 8 nitrogen and oxygen atoms in total. The predicted molar refractivity (Wildman–Crippen MR) is 136 cm³/mol. The molecule has 1 aliphatic carbocycles. The van der Waals surface area contributed by atoms with E-state index in [-0.39, 0.29) is 27.9 Å². The summed E-state index contributed by atoms with van der Waals surface area (Å²) in [4.78, 5) is 27.8. The van der Waals surface area contributed by atoms with Crippen molar-refractivity contribution in [2.75, 3.05) is 22.9 Å². The van der Waals surface area contributed by atoms with Gasteiger partial charge in [0.25, 0.3) is 5.69 Å². The lowest BCUT2D eigenvalue weighted by Gasteiger charge is -2.40. The molecule has 0 aromatic heterocycles. The van der Waals surface area contributed by atoms with Crippen molar-refractivity contribution in [2.24, 2.45) is 5.73 Å². The predicted octanol–water partition coefficient (Wildman–Crippen LogP) is 5.40. The van der Waals surface area contributed by atoms with Crippen LogP contribution in [-0.2, 0) is 4.79 Å². The Bertz CT molecular complexity index is 1290. The summed E-state index contributed by atoms with van der Waals surface area (Å²) in [5.74, 6) is -0.441. The van der Waals surface area contributed by atoms with Gasteiger partial charge in [-0.25, -0.2) is 0 Å². The average molecular weight is 492 g/mol.